The van der Waals surface area contributed by atoms with E-state index < -0.39 is 18.3 Å². The molecule has 0 saturated carbocycles. The number of hydrogen-bond donors (Lipinski definition) is 3. The molecule has 1 unspecified atom stereocenters. The summed E-state index contributed by atoms with van der Waals surface area (Å²) in [4.78, 5) is 28.8. The van der Waals surface area contributed by atoms with Gasteiger partial charge in [-0.2, -0.15) is 0 Å². The highest BCUT2D eigenvalue weighted by molar-refractivity contribution is 7.52. The van der Waals surface area contributed by atoms with Gasteiger partial charge in [0.1, 0.15) is 28.7 Å². The number of nitro groups is 1. The molecule has 1 atom stereocenters. The molecule has 0 radical (unpaired) electrons. The van der Waals surface area contributed by atoms with Crippen molar-refractivity contribution in [2.45, 2.75) is 12.7 Å². The second-order valence-corrected chi connectivity index (χ2v) is 7.60. The molecule has 0 amide bonds. The number of nitrogens with one attached hydrogen (secondary N) is 1. The van der Waals surface area contributed by atoms with E-state index in [0.29, 0.717) is 16.5 Å². The molecule has 2 rings (SSSR count). The van der Waals surface area contributed by atoms with Gasteiger partial charge in [0.2, 0.25) is 0 Å². The summed E-state index contributed by atoms with van der Waals surface area (Å²) in [5, 5.41) is 13.9. The maximum atomic E-state index is 11.3. The van der Waals surface area contributed by atoms with Crippen LogP contribution in [0.25, 0.3) is 0 Å². The highest BCUT2D eigenvalue weighted by Crippen LogP contribution is 2.43. The van der Waals surface area contributed by atoms with Gasteiger partial charge in [-0.05, 0) is 25.1 Å². The molecule has 9 nitrogen and oxygen atoms in total. The average Bonchev–Trinajstić information content (AvgIpc) is 2.54. The maximum Gasteiger partial charge on any atom is 0.347 e. The van der Waals surface area contributed by atoms with Crippen molar-refractivity contribution in [1.29, 1.82) is 0 Å². The summed E-state index contributed by atoms with van der Waals surface area (Å²) in [7, 11) is -3.01. The first-order valence-corrected chi connectivity index (χ1v) is 9.29. The van der Waals surface area contributed by atoms with Crippen molar-refractivity contribution in [3.8, 4) is 17.2 Å². The Morgan fingerprint density at radius 3 is 2.38 bits per heavy atom. The minimum atomic E-state index is -4.48. The van der Waals surface area contributed by atoms with Gasteiger partial charge in [0.15, 0.2) is 0 Å². The van der Waals surface area contributed by atoms with E-state index in [9.17, 15) is 24.5 Å². The summed E-state index contributed by atoms with van der Waals surface area (Å²) in [6, 6.07) is 8.52. The number of methoxy groups -OCH3 is 1. The lowest BCUT2D eigenvalue weighted by atomic mass is 10.2. The van der Waals surface area contributed by atoms with Gasteiger partial charge in [0, 0.05) is 18.2 Å². The molecule has 2 aromatic carbocycles. The fourth-order valence-corrected chi connectivity index (χ4v) is 2.56. The van der Waals surface area contributed by atoms with E-state index in [1.807, 2.05) is 0 Å². The first-order chi connectivity index (χ1) is 12.1. The van der Waals surface area contributed by atoms with Gasteiger partial charge in [0.25, 0.3) is 5.69 Å². The Bertz CT molecular complexity index is 871. The third-order valence-corrected chi connectivity index (χ3v) is 4.83. The molecule has 0 aromatic heterocycles. The number of hydrogen-bond acceptors (Lipinski definition) is 6. The zero-order valence-electron chi connectivity index (χ0n) is 13.7. The number of nitrogens with zero attached hydrogens (tertiary/aromatic N) is 1. The van der Waals surface area contributed by atoms with Gasteiger partial charge in [-0.25, -0.2) is 0 Å². The van der Waals surface area contributed by atoms with Crippen LogP contribution in [0, 0.1) is 10.1 Å². The van der Waals surface area contributed by atoms with Crippen LogP contribution in [0.3, 0.4) is 0 Å². The molecule has 26 heavy (non-hydrogen) atoms. The third-order valence-electron chi connectivity index (χ3n) is 3.39. The summed E-state index contributed by atoms with van der Waals surface area (Å²) in [6.45, 7) is 1.22. The molecule has 0 fully saturated rings. The third kappa shape index (κ3) is 4.86. The van der Waals surface area contributed by atoms with Crippen molar-refractivity contribution < 1.29 is 28.7 Å². The number of ether oxygens (including phenoxy) is 2. The van der Waals surface area contributed by atoms with Crippen molar-refractivity contribution in [3.63, 3.8) is 0 Å². The Labute approximate surface area is 153 Å². The normalized spacial score (nSPS) is 12.3. The van der Waals surface area contributed by atoms with Crippen LogP contribution < -0.4 is 14.8 Å². The van der Waals surface area contributed by atoms with Crippen molar-refractivity contribution >= 4 is 30.6 Å². The SMILES string of the molecule is COc1ccc(Oc2ccc([N+](=O)[O-])c(NC(C)P(=O)(O)O)c2)cc1Cl. The first-order valence-electron chi connectivity index (χ1n) is 7.23. The van der Waals surface area contributed by atoms with Crippen LogP contribution in [0.15, 0.2) is 36.4 Å². The standard InChI is InChI=1S/C15H16ClN2O7P/c1-9(26(21,22)23)17-13-8-11(3-5-14(13)18(19)20)25-10-4-6-15(24-2)12(16)7-10/h3-9,17H,1-2H3,(H2,21,22,23). The maximum absolute atomic E-state index is 11.3. The second kappa shape index (κ2) is 7.92. The van der Waals surface area contributed by atoms with Crippen LogP contribution in [0.5, 0.6) is 17.2 Å². The molecular weight excluding hydrogens is 387 g/mol. The van der Waals surface area contributed by atoms with E-state index in [4.69, 9.17) is 21.1 Å². The fourth-order valence-electron chi connectivity index (χ4n) is 2.01. The molecule has 0 aliphatic carbocycles. The Kier molecular flexibility index (Phi) is 6.09. The molecular formula is C15H16ClN2O7P. The molecule has 0 aliphatic heterocycles. The van der Waals surface area contributed by atoms with Crippen molar-refractivity contribution in [1.82, 2.24) is 0 Å². The van der Waals surface area contributed by atoms with Gasteiger partial charge in [-0.1, -0.05) is 11.6 Å². The molecule has 0 spiro atoms. The summed E-state index contributed by atoms with van der Waals surface area (Å²) in [5.41, 5.74) is -0.423. The van der Waals surface area contributed by atoms with E-state index in [1.54, 1.807) is 12.1 Å². The molecule has 0 aliphatic rings. The number of nitro benzene ring substituents is 1. The monoisotopic (exact) mass is 402 g/mol. The molecule has 3 N–H and O–H groups in total. The molecule has 11 heteroatoms. The zero-order chi connectivity index (χ0) is 19.5. The van der Waals surface area contributed by atoms with E-state index in [1.165, 1.54) is 38.3 Å². The van der Waals surface area contributed by atoms with Crippen LogP contribution in [0.4, 0.5) is 11.4 Å². The molecule has 0 saturated heterocycles. The van der Waals surface area contributed by atoms with E-state index in [2.05, 4.69) is 5.32 Å². The molecule has 0 bridgehead atoms. The number of anilines is 1. The summed E-state index contributed by atoms with van der Waals surface area (Å²) >= 11 is 6.02. The highest BCUT2D eigenvalue weighted by atomic mass is 35.5. The van der Waals surface area contributed by atoms with Gasteiger partial charge < -0.3 is 24.6 Å². The van der Waals surface area contributed by atoms with Crippen molar-refractivity contribution in [2.75, 3.05) is 12.4 Å². The molecule has 140 valence electrons. The number of benzene rings is 2. The molecule has 0 heterocycles. The minimum Gasteiger partial charge on any atom is -0.495 e. The largest absolute Gasteiger partial charge is 0.495 e. The van der Waals surface area contributed by atoms with Crippen LogP contribution in [0.2, 0.25) is 5.02 Å². The predicted molar refractivity (Wildman–Crippen MR) is 96.3 cm³/mol. The Balaban J connectivity index is 2.33. The number of rotatable bonds is 7. The van der Waals surface area contributed by atoms with E-state index in [0.717, 1.165) is 0 Å². The Morgan fingerprint density at radius 2 is 1.85 bits per heavy atom. The van der Waals surface area contributed by atoms with Crippen LogP contribution in [0.1, 0.15) is 6.92 Å². The second-order valence-electron chi connectivity index (χ2n) is 5.24. The number of halogens is 1. The predicted octanol–water partition coefficient (Wildman–Crippen LogP) is 3.98. The quantitative estimate of drug-likeness (QED) is 0.360. The van der Waals surface area contributed by atoms with E-state index in [-0.39, 0.29) is 17.1 Å². The lowest BCUT2D eigenvalue weighted by molar-refractivity contribution is -0.384. The van der Waals surface area contributed by atoms with Gasteiger partial charge in [0.05, 0.1) is 17.1 Å². The van der Waals surface area contributed by atoms with E-state index >= 15 is 0 Å². The van der Waals surface area contributed by atoms with Gasteiger partial charge in [-0.15, -0.1) is 0 Å². The van der Waals surface area contributed by atoms with Gasteiger partial charge >= 0.3 is 7.60 Å². The Hall–Kier alpha value is -2.32. The summed E-state index contributed by atoms with van der Waals surface area (Å²) in [5.74, 6) is -0.275. The zero-order valence-corrected chi connectivity index (χ0v) is 15.4. The lowest BCUT2D eigenvalue weighted by Crippen LogP contribution is -2.16. The van der Waals surface area contributed by atoms with Gasteiger partial charge in [-0.3, -0.25) is 14.7 Å². The van der Waals surface area contributed by atoms with Crippen LogP contribution >= 0.6 is 19.2 Å². The molecule has 2 aromatic rings. The smallest absolute Gasteiger partial charge is 0.347 e. The highest BCUT2D eigenvalue weighted by Gasteiger charge is 2.26. The summed E-state index contributed by atoms with van der Waals surface area (Å²) < 4.78 is 21.9. The Morgan fingerprint density at radius 1 is 1.23 bits per heavy atom. The topological polar surface area (TPSA) is 131 Å². The fraction of sp³-hybridized carbons (Fsp3) is 0.200. The van der Waals surface area contributed by atoms with Crippen molar-refractivity contribution in [3.05, 3.63) is 51.5 Å². The van der Waals surface area contributed by atoms with Crippen LogP contribution in [-0.4, -0.2) is 27.6 Å². The first kappa shape index (κ1) is 20.0. The average molecular weight is 403 g/mol. The lowest BCUT2D eigenvalue weighted by Gasteiger charge is -2.17. The van der Waals surface area contributed by atoms with Crippen molar-refractivity contribution in [2.24, 2.45) is 0 Å². The van der Waals surface area contributed by atoms with Crippen LogP contribution in [-0.2, 0) is 4.57 Å². The minimum absolute atomic E-state index is 0.0806. The summed E-state index contributed by atoms with van der Waals surface area (Å²) in [6.07, 6.45) is 0.